The molecule has 4 rings (SSSR count). The number of amides is 2. The fourth-order valence-electron chi connectivity index (χ4n) is 7.49. The lowest BCUT2D eigenvalue weighted by Gasteiger charge is -2.38. The van der Waals surface area contributed by atoms with Crippen molar-refractivity contribution in [2.45, 2.75) is 116 Å². The van der Waals surface area contributed by atoms with Crippen LogP contribution >= 0.6 is 0 Å². The van der Waals surface area contributed by atoms with Crippen molar-refractivity contribution < 1.29 is 14.7 Å². The molecule has 1 aromatic carbocycles. The van der Waals surface area contributed by atoms with Gasteiger partial charge in [0.15, 0.2) is 0 Å². The topological polar surface area (TPSA) is 69.6 Å². The fraction of sp³-hybridized carbons (Fsp3) is 0.765. The molecule has 1 heterocycles. The van der Waals surface area contributed by atoms with Crippen LogP contribution in [0, 0.1) is 29.6 Å². The largest absolute Gasteiger partial charge is 0.393 e. The van der Waals surface area contributed by atoms with Crippen LogP contribution in [0.15, 0.2) is 30.3 Å². The quantitative estimate of drug-likeness (QED) is 0.358. The van der Waals surface area contributed by atoms with Crippen LogP contribution in [0.4, 0.5) is 0 Å². The monoisotopic (exact) mass is 538 g/mol. The van der Waals surface area contributed by atoms with Crippen molar-refractivity contribution >= 4 is 11.8 Å². The van der Waals surface area contributed by atoms with Gasteiger partial charge in [0.25, 0.3) is 0 Å². The molecule has 3 fully saturated rings. The third kappa shape index (κ3) is 8.08. The van der Waals surface area contributed by atoms with Gasteiger partial charge in [-0.25, -0.2) is 0 Å². The van der Waals surface area contributed by atoms with Crippen molar-refractivity contribution in [3.8, 4) is 0 Å². The maximum atomic E-state index is 13.9. The van der Waals surface area contributed by atoms with E-state index in [1.807, 2.05) is 4.90 Å². The normalized spacial score (nSPS) is 31.5. The van der Waals surface area contributed by atoms with Crippen LogP contribution in [0.5, 0.6) is 0 Å². The fourth-order valence-corrected chi connectivity index (χ4v) is 7.49. The van der Waals surface area contributed by atoms with Crippen molar-refractivity contribution in [3.63, 3.8) is 0 Å². The first kappa shape index (κ1) is 30.1. The first-order valence-electron chi connectivity index (χ1n) is 16.1. The van der Waals surface area contributed by atoms with Crippen LogP contribution in [-0.2, 0) is 15.0 Å². The summed E-state index contributed by atoms with van der Waals surface area (Å²) in [6.07, 6.45) is 14.2. The molecule has 5 nitrogen and oxygen atoms in total. The molecule has 0 bridgehead atoms. The molecule has 0 aromatic heterocycles. The molecule has 1 aromatic rings. The predicted octanol–water partition coefficient (Wildman–Crippen LogP) is 6.48. The lowest BCUT2D eigenvalue weighted by Crippen LogP contribution is -2.46. The van der Waals surface area contributed by atoms with E-state index in [-0.39, 0.29) is 35.8 Å². The van der Waals surface area contributed by atoms with Crippen molar-refractivity contribution in [3.05, 3.63) is 35.9 Å². The SMILES string of the molecule is CCC(C)C[C@]1(c2ccccc2)CCCC(CC2CCC2)C(C)C(=O)N(CC(=O)NCC2CC(O)C2)CCC1. The second-order valence-corrected chi connectivity index (χ2v) is 13.5. The highest BCUT2D eigenvalue weighted by molar-refractivity contribution is 5.86. The maximum absolute atomic E-state index is 13.9. The first-order valence-corrected chi connectivity index (χ1v) is 16.1. The number of aliphatic hydroxyl groups excluding tert-OH is 1. The van der Waals surface area contributed by atoms with Gasteiger partial charge in [0.1, 0.15) is 0 Å². The van der Waals surface area contributed by atoms with Crippen LogP contribution in [-0.4, -0.2) is 47.6 Å². The number of carbonyl (C=O) groups is 2. The van der Waals surface area contributed by atoms with Gasteiger partial charge in [-0.2, -0.15) is 0 Å². The lowest BCUT2D eigenvalue weighted by molar-refractivity contribution is -0.141. The third-order valence-electron chi connectivity index (χ3n) is 10.5. The molecule has 2 N–H and O–H groups in total. The average molecular weight is 539 g/mol. The number of hydrogen-bond donors (Lipinski definition) is 2. The highest BCUT2D eigenvalue weighted by Crippen LogP contribution is 2.44. The minimum Gasteiger partial charge on any atom is -0.393 e. The van der Waals surface area contributed by atoms with Gasteiger partial charge in [-0.15, -0.1) is 0 Å². The van der Waals surface area contributed by atoms with Gasteiger partial charge < -0.3 is 15.3 Å². The Balaban J connectivity index is 1.53. The maximum Gasteiger partial charge on any atom is 0.239 e. The molecular weight excluding hydrogens is 484 g/mol. The Labute approximate surface area is 237 Å². The number of carbonyl (C=O) groups excluding carboxylic acids is 2. The summed E-state index contributed by atoms with van der Waals surface area (Å²) in [6, 6.07) is 11.1. The minimum absolute atomic E-state index is 0.0426. The Bertz CT molecular complexity index is 910. The van der Waals surface area contributed by atoms with E-state index >= 15 is 0 Å². The smallest absolute Gasteiger partial charge is 0.239 e. The molecule has 2 saturated carbocycles. The Kier molecular flexibility index (Phi) is 10.9. The second kappa shape index (κ2) is 14.1. The molecule has 0 spiro atoms. The molecular formula is C34H54N2O3. The lowest BCUT2D eigenvalue weighted by atomic mass is 9.67. The van der Waals surface area contributed by atoms with Crippen LogP contribution in [0.25, 0.3) is 0 Å². The van der Waals surface area contributed by atoms with Crippen molar-refractivity contribution in [1.82, 2.24) is 10.2 Å². The summed E-state index contributed by atoms with van der Waals surface area (Å²) in [5, 5.41) is 12.6. The molecule has 4 atom stereocenters. The summed E-state index contributed by atoms with van der Waals surface area (Å²) in [5.74, 6) is 2.23. The molecule has 39 heavy (non-hydrogen) atoms. The highest BCUT2D eigenvalue weighted by atomic mass is 16.3. The molecule has 1 aliphatic heterocycles. The molecule has 0 radical (unpaired) electrons. The number of aliphatic hydroxyl groups is 1. The van der Waals surface area contributed by atoms with E-state index in [9.17, 15) is 14.7 Å². The highest BCUT2D eigenvalue weighted by Gasteiger charge is 2.37. The van der Waals surface area contributed by atoms with Gasteiger partial charge in [-0.3, -0.25) is 9.59 Å². The van der Waals surface area contributed by atoms with Crippen molar-refractivity contribution in [2.24, 2.45) is 29.6 Å². The van der Waals surface area contributed by atoms with Gasteiger partial charge in [-0.1, -0.05) is 83.2 Å². The molecule has 2 amide bonds. The second-order valence-electron chi connectivity index (χ2n) is 13.5. The molecule has 1 saturated heterocycles. The number of benzene rings is 1. The summed E-state index contributed by atoms with van der Waals surface area (Å²) in [7, 11) is 0. The average Bonchev–Trinajstić information content (AvgIpc) is 2.91. The Hall–Kier alpha value is -1.88. The van der Waals surface area contributed by atoms with Gasteiger partial charge in [0.05, 0.1) is 12.6 Å². The molecule has 3 aliphatic rings. The van der Waals surface area contributed by atoms with Crippen LogP contribution in [0.2, 0.25) is 0 Å². The zero-order valence-electron chi connectivity index (χ0n) is 24.9. The zero-order valence-corrected chi connectivity index (χ0v) is 24.9. The Morgan fingerprint density at radius 3 is 2.44 bits per heavy atom. The molecule has 2 aliphatic carbocycles. The Morgan fingerprint density at radius 1 is 1.08 bits per heavy atom. The summed E-state index contributed by atoms with van der Waals surface area (Å²) in [4.78, 5) is 28.8. The predicted molar refractivity (Wildman–Crippen MR) is 158 cm³/mol. The number of nitrogens with zero attached hydrogens (tertiary/aromatic N) is 1. The van der Waals surface area contributed by atoms with Gasteiger partial charge in [-0.05, 0) is 86.0 Å². The number of hydrogen-bond acceptors (Lipinski definition) is 3. The van der Waals surface area contributed by atoms with E-state index in [4.69, 9.17) is 0 Å². The van der Waals surface area contributed by atoms with E-state index in [0.717, 1.165) is 50.9 Å². The van der Waals surface area contributed by atoms with Gasteiger partial charge >= 0.3 is 0 Å². The van der Waals surface area contributed by atoms with E-state index in [1.54, 1.807) is 0 Å². The van der Waals surface area contributed by atoms with E-state index < -0.39 is 0 Å². The summed E-state index contributed by atoms with van der Waals surface area (Å²) in [5.41, 5.74) is 1.57. The third-order valence-corrected chi connectivity index (χ3v) is 10.5. The van der Waals surface area contributed by atoms with Crippen molar-refractivity contribution in [2.75, 3.05) is 19.6 Å². The summed E-state index contributed by atoms with van der Waals surface area (Å²) >= 11 is 0. The van der Waals surface area contributed by atoms with Crippen LogP contribution < -0.4 is 5.32 Å². The standard InChI is InChI=1S/C34H54N2O3/c1-4-25(2)22-34(30-14-6-5-7-15-30)16-9-13-29(19-27-11-8-12-27)26(3)33(39)36(18-10-17-34)24-32(38)35-23-28-20-31(37)21-28/h5-7,14-15,25-29,31,37H,4,8-13,16-24H2,1-3H3,(H,35,38)/t25?,26?,28?,29?,31?,34-/m0/s1. The summed E-state index contributed by atoms with van der Waals surface area (Å²) in [6.45, 7) is 8.21. The van der Waals surface area contributed by atoms with Crippen LogP contribution in [0.1, 0.15) is 110 Å². The Morgan fingerprint density at radius 2 is 1.79 bits per heavy atom. The number of rotatable bonds is 10. The summed E-state index contributed by atoms with van der Waals surface area (Å²) < 4.78 is 0. The molecule has 5 heteroatoms. The molecule has 218 valence electrons. The van der Waals surface area contributed by atoms with E-state index in [2.05, 4.69) is 56.4 Å². The van der Waals surface area contributed by atoms with E-state index in [1.165, 1.54) is 44.1 Å². The van der Waals surface area contributed by atoms with E-state index in [0.29, 0.717) is 30.8 Å². The van der Waals surface area contributed by atoms with Gasteiger partial charge in [0.2, 0.25) is 11.8 Å². The van der Waals surface area contributed by atoms with Crippen molar-refractivity contribution in [1.29, 1.82) is 0 Å². The first-order chi connectivity index (χ1) is 18.8. The number of nitrogens with one attached hydrogen (secondary N) is 1. The minimum atomic E-state index is -0.215. The van der Waals surface area contributed by atoms with Gasteiger partial charge in [0, 0.05) is 19.0 Å². The molecule has 3 unspecified atom stereocenters. The van der Waals surface area contributed by atoms with Crippen LogP contribution in [0.3, 0.4) is 0 Å². The zero-order chi connectivity index (χ0) is 27.8.